The Bertz CT molecular complexity index is 1010. The normalized spacial score (nSPS) is 18.7. The molecule has 0 aliphatic carbocycles. The van der Waals surface area contributed by atoms with E-state index in [0.717, 1.165) is 22.6 Å². The van der Waals surface area contributed by atoms with Crippen LogP contribution in [0.1, 0.15) is 23.6 Å². The maximum atomic E-state index is 13.0. The van der Waals surface area contributed by atoms with Crippen molar-refractivity contribution >= 4 is 17.7 Å². The molecular formula is C25H23NO3. The first kappa shape index (κ1) is 18.8. The second-order valence-electron chi connectivity index (χ2n) is 7.07. The van der Waals surface area contributed by atoms with Crippen LogP contribution >= 0.6 is 0 Å². The van der Waals surface area contributed by atoms with E-state index in [4.69, 9.17) is 4.74 Å². The van der Waals surface area contributed by atoms with Gasteiger partial charge in [-0.05, 0) is 42.3 Å². The van der Waals surface area contributed by atoms with Gasteiger partial charge in [-0.3, -0.25) is 4.79 Å². The quantitative estimate of drug-likeness (QED) is 0.593. The van der Waals surface area contributed by atoms with Crippen molar-refractivity contribution in [2.45, 2.75) is 12.5 Å². The van der Waals surface area contributed by atoms with Crippen molar-refractivity contribution in [2.75, 3.05) is 12.0 Å². The van der Waals surface area contributed by atoms with Gasteiger partial charge in [0.15, 0.2) is 0 Å². The summed E-state index contributed by atoms with van der Waals surface area (Å²) in [6.07, 6.45) is 4.45. The second kappa shape index (κ2) is 8.23. The van der Waals surface area contributed by atoms with Crippen LogP contribution in [0.15, 0.2) is 84.9 Å². The van der Waals surface area contributed by atoms with Gasteiger partial charge in [-0.2, -0.15) is 0 Å². The van der Waals surface area contributed by atoms with Crippen LogP contribution < -0.4 is 9.64 Å². The zero-order valence-corrected chi connectivity index (χ0v) is 16.2. The lowest BCUT2D eigenvalue weighted by Crippen LogP contribution is -2.55. The molecule has 4 rings (SSSR count). The minimum atomic E-state index is -0.147. The topological polar surface area (TPSA) is 49.8 Å². The number of carbonyl (C=O) groups excluding carboxylic acids is 1. The monoisotopic (exact) mass is 385 g/mol. The Labute approximate surface area is 170 Å². The third kappa shape index (κ3) is 3.74. The maximum absolute atomic E-state index is 13.0. The van der Waals surface area contributed by atoms with Crippen LogP contribution in [0, 0.1) is 5.92 Å². The number of hydrogen-bond acceptors (Lipinski definition) is 3. The third-order valence-corrected chi connectivity index (χ3v) is 5.33. The number of benzene rings is 3. The lowest BCUT2D eigenvalue weighted by molar-refractivity contribution is -0.130. The Morgan fingerprint density at radius 3 is 2.34 bits per heavy atom. The second-order valence-corrected chi connectivity index (χ2v) is 7.07. The van der Waals surface area contributed by atoms with Crippen LogP contribution in [0.2, 0.25) is 0 Å². The molecule has 3 aromatic rings. The number of phenolic OH excluding ortho intramolecular Hbond substituents is 1. The van der Waals surface area contributed by atoms with Crippen LogP contribution in [0.3, 0.4) is 0 Å². The van der Waals surface area contributed by atoms with Gasteiger partial charge in [0.2, 0.25) is 5.91 Å². The Balaban J connectivity index is 1.59. The zero-order valence-electron chi connectivity index (χ0n) is 16.2. The number of anilines is 1. The minimum Gasteiger partial charge on any atom is -0.507 e. The van der Waals surface area contributed by atoms with Crippen LogP contribution in [0.25, 0.3) is 6.08 Å². The average molecular weight is 385 g/mol. The van der Waals surface area contributed by atoms with E-state index in [1.54, 1.807) is 19.2 Å². The van der Waals surface area contributed by atoms with E-state index in [-0.39, 0.29) is 23.6 Å². The lowest BCUT2D eigenvalue weighted by atomic mass is 9.79. The standard InChI is InChI=1S/C25H23NO3/c1-29-21-16-14-19(15-17-21)24-22(12-7-9-18-8-5-6-13-23(18)27)25(28)26(24)20-10-3-2-4-11-20/h2-11,13-17,22,24,27H,12H2,1H3/b9-7+/t22-,24-/m1/s1. The summed E-state index contributed by atoms with van der Waals surface area (Å²) in [6.45, 7) is 0. The van der Waals surface area contributed by atoms with Crippen LogP contribution in [-0.4, -0.2) is 18.1 Å². The number of β-lactam (4-membered cyclic amide) rings is 1. The molecule has 1 N–H and O–H groups in total. The van der Waals surface area contributed by atoms with Crippen LogP contribution in [0.5, 0.6) is 11.5 Å². The summed E-state index contributed by atoms with van der Waals surface area (Å²) in [5, 5.41) is 9.93. The first-order chi connectivity index (χ1) is 14.2. The fraction of sp³-hybridized carbons (Fsp3) is 0.160. The van der Waals surface area contributed by atoms with E-state index in [0.29, 0.717) is 6.42 Å². The molecule has 1 amide bonds. The highest BCUT2D eigenvalue weighted by atomic mass is 16.5. The Kier molecular flexibility index (Phi) is 5.34. The number of allylic oxidation sites excluding steroid dienone is 1. The number of phenols is 1. The molecule has 4 heteroatoms. The molecule has 2 atom stereocenters. The number of carbonyl (C=O) groups is 1. The highest BCUT2D eigenvalue weighted by Gasteiger charge is 2.47. The van der Waals surface area contributed by atoms with Gasteiger partial charge >= 0.3 is 0 Å². The molecule has 29 heavy (non-hydrogen) atoms. The molecule has 0 spiro atoms. The van der Waals surface area contributed by atoms with Crippen molar-refractivity contribution in [1.29, 1.82) is 0 Å². The van der Waals surface area contributed by atoms with E-state index in [1.165, 1.54) is 0 Å². The fourth-order valence-electron chi connectivity index (χ4n) is 3.81. The average Bonchev–Trinajstić information content (AvgIpc) is 2.76. The summed E-state index contributed by atoms with van der Waals surface area (Å²) < 4.78 is 5.27. The molecule has 3 aromatic carbocycles. The van der Waals surface area contributed by atoms with Crippen molar-refractivity contribution in [1.82, 2.24) is 0 Å². The van der Waals surface area contributed by atoms with Gasteiger partial charge in [0, 0.05) is 11.3 Å². The number of rotatable bonds is 6. The molecule has 0 unspecified atom stereocenters. The molecule has 146 valence electrons. The van der Waals surface area contributed by atoms with Gasteiger partial charge in [-0.25, -0.2) is 0 Å². The first-order valence-electron chi connectivity index (χ1n) is 9.65. The van der Waals surface area contributed by atoms with Gasteiger partial charge in [0.05, 0.1) is 19.1 Å². The molecule has 1 aliphatic rings. The molecular weight excluding hydrogens is 362 g/mol. The first-order valence-corrected chi connectivity index (χ1v) is 9.65. The summed E-state index contributed by atoms with van der Waals surface area (Å²) in [5.41, 5.74) is 2.73. The summed E-state index contributed by atoms with van der Waals surface area (Å²) in [5.74, 6) is 0.993. The van der Waals surface area contributed by atoms with Gasteiger partial charge in [0.1, 0.15) is 11.5 Å². The lowest BCUT2D eigenvalue weighted by Gasteiger charge is -2.47. The Morgan fingerprint density at radius 2 is 1.66 bits per heavy atom. The number of nitrogens with zero attached hydrogens (tertiary/aromatic N) is 1. The molecule has 1 saturated heterocycles. The zero-order chi connectivity index (χ0) is 20.2. The maximum Gasteiger partial charge on any atom is 0.233 e. The number of ether oxygens (including phenoxy) is 1. The van der Waals surface area contributed by atoms with Crippen LogP contribution in [0.4, 0.5) is 5.69 Å². The van der Waals surface area contributed by atoms with E-state index in [1.807, 2.05) is 83.8 Å². The summed E-state index contributed by atoms with van der Waals surface area (Å²) in [6, 6.07) is 24.8. The van der Waals surface area contributed by atoms with Crippen molar-refractivity contribution in [3.8, 4) is 11.5 Å². The van der Waals surface area contributed by atoms with Crippen molar-refractivity contribution in [3.63, 3.8) is 0 Å². The number of methoxy groups -OCH3 is 1. The highest BCUT2D eigenvalue weighted by molar-refractivity contribution is 6.03. The molecule has 1 heterocycles. The van der Waals surface area contributed by atoms with E-state index in [2.05, 4.69) is 0 Å². The molecule has 1 fully saturated rings. The van der Waals surface area contributed by atoms with E-state index in [9.17, 15) is 9.90 Å². The summed E-state index contributed by atoms with van der Waals surface area (Å²) in [4.78, 5) is 14.9. The van der Waals surface area contributed by atoms with E-state index < -0.39 is 0 Å². The molecule has 0 radical (unpaired) electrons. The van der Waals surface area contributed by atoms with Crippen LogP contribution in [-0.2, 0) is 4.79 Å². The van der Waals surface area contributed by atoms with Crippen molar-refractivity contribution < 1.29 is 14.6 Å². The SMILES string of the molecule is COc1ccc([C@@H]2[C@@H](C/C=C/c3ccccc3O)C(=O)N2c2ccccc2)cc1. The van der Waals surface area contributed by atoms with E-state index >= 15 is 0 Å². The number of para-hydroxylation sites is 2. The van der Waals surface area contributed by atoms with Gasteiger partial charge < -0.3 is 14.7 Å². The Morgan fingerprint density at radius 1 is 0.966 bits per heavy atom. The van der Waals surface area contributed by atoms with Gasteiger partial charge in [-0.1, -0.05) is 60.7 Å². The minimum absolute atomic E-state index is 0.0372. The molecule has 0 saturated carbocycles. The molecule has 0 bridgehead atoms. The highest BCUT2D eigenvalue weighted by Crippen LogP contribution is 2.45. The summed E-state index contributed by atoms with van der Waals surface area (Å²) in [7, 11) is 1.64. The molecule has 1 aliphatic heterocycles. The van der Waals surface area contributed by atoms with Gasteiger partial charge in [-0.15, -0.1) is 0 Å². The van der Waals surface area contributed by atoms with Gasteiger partial charge in [0.25, 0.3) is 0 Å². The predicted molar refractivity (Wildman–Crippen MR) is 115 cm³/mol. The number of aromatic hydroxyl groups is 1. The Hall–Kier alpha value is -3.53. The largest absolute Gasteiger partial charge is 0.507 e. The fourth-order valence-corrected chi connectivity index (χ4v) is 3.81. The molecule has 0 aromatic heterocycles. The summed E-state index contributed by atoms with van der Waals surface area (Å²) >= 11 is 0. The smallest absolute Gasteiger partial charge is 0.233 e. The number of hydrogen-bond donors (Lipinski definition) is 1. The number of amides is 1. The van der Waals surface area contributed by atoms with Crippen molar-refractivity contribution in [2.24, 2.45) is 5.92 Å². The van der Waals surface area contributed by atoms with Crippen molar-refractivity contribution in [3.05, 3.63) is 96.1 Å². The predicted octanol–water partition coefficient (Wildman–Crippen LogP) is 5.21. The molecule has 4 nitrogen and oxygen atoms in total. The third-order valence-electron chi connectivity index (χ3n) is 5.33.